The van der Waals surface area contributed by atoms with Crippen molar-refractivity contribution in [2.75, 3.05) is 13.1 Å². The largest absolute Gasteiger partial charge is 0.486 e. The van der Waals surface area contributed by atoms with Gasteiger partial charge in [-0.2, -0.15) is 0 Å². The number of carbonyl (C=O) groups is 1. The fraction of sp³-hybridized carbons (Fsp3) is 0.500. The van der Waals surface area contributed by atoms with Crippen molar-refractivity contribution < 1.29 is 19.7 Å². The van der Waals surface area contributed by atoms with E-state index >= 15 is 0 Å². The fourth-order valence-corrected chi connectivity index (χ4v) is 2.20. The minimum atomic E-state index is -0.985. The number of likely N-dealkylation sites (tertiary alicyclic amines) is 1. The Labute approximate surface area is 112 Å². The molecule has 0 amide bonds. The molecular formula is C14H19NO4. The number of carboxylic acids is 1. The highest BCUT2D eigenvalue weighted by Crippen LogP contribution is 2.21. The van der Waals surface area contributed by atoms with Gasteiger partial charge in [0.05, 0.1) is 5.56 Å². The van der Waals surface area contributed by atoms with Crippen molar-refractivity contribution in [2.24, 2.45) is 0 Å². The lowest BCUT2D eigenvalue weighted by atomic mass is 10.2. The average molecular weight is 265 g/mol. The lowest BCUT2D eigenvalue weighted by molar-refractivity contribution is 0.0688. The van der Waals surface area contributed by atoms with Gasteiger partial charge >= 0.3 is 5.97 Å². The second kappa shape index (κ2) is 5.59. The molecule has 0 saturated carbocycles. The molecule has 1 aromatic rings. The molecular weight excluding hydrogens is 246 g/mol. The molecule has 1 fully saturated rings. The summed E-state index contributed by atoms with van der Waals surface area (Å²) in [6.45, 7) is 5.37. The number of aromatic carboxylic acids is 1. The van der Waals surface area contributed by atoms with Crippen LogP contribution in [0.3, 0.4) is 0 Å². The molecule has 0 aromatic heterocycles. The number of rotatable bonds is 4. The summed E-state index contributed by atoms with van der Waals surface area (Å²) in [6.07, 6.45) is -0.859. The Kier molecular flexibility index (Phi) is 4.07. The Balaban J connectivity index is 2.05. The molecule has 1 saturated heterocycles. The summed E-state index contributed by atoms with van der Waals surface area (Å²) >= 11 is 0. The SMILES string of the molecule is CC(C)N1C[C@@H](O)[C@H](Oc2cccc(C(=O)O)c2)C1. The zero-order valence-corrected chi connectivity index (χ0v) is 11.1. The molecule has 0 radical (unpaired) electrons. The maximum absolute atomic E-state index is 10.9. The smallest absolute Gasteiger partial charge is 0.335 e. The molecule has 0 aliphatic carbocycles. The Bertz CT molecular complexity index is 461. The number of benzene rings is 1. The second-order valence-electron chi connectivity index (χ2n) is 5.10. The second-order valence-corrected chi connectivity index (χ2v) is 5.10. The number of aliphatic hydroxyl groups is 1. The third kappa shape index (κ3) is 3.24. The first-order valence-corrected chi connectivity index (χ1v) is 6.39. The van der Waals surface area contributed by atoms with E-state index in [-0.39, 0.29) is 11.7 Å². The van der Waals surface area contributed by atoms with Gasteiger partial charge in [0.2, 0.25) is 0 Å². The van der Waals surface area contributed by atoms with E-state index in [1.807, 2.05) is 0 Å². The zero-order valence-electron chi connectivity index (χ0n) is 11.1. The highest BCUT2D eigenvalue weighted by molar-refractivity contribution is 5.87. The molecule has 104 valence electrons. The van der Waals surface area contributed by atoms with Gasteiger partial charge in [-0.25, -0.2) is 4.79 Å². The summed E-state index contributed by atoms with van der Waals surface area (Å²) in [6, 6.07) is 6.69. The fourth-order valence-electron chi connectivity index (χ4n) is 2.20. The molecule has 0 spiro atoms. The van der Waals surface area contributed by atoms with Crippen molar-refractivity contribution >= 4 is 5.97 Å². The number of nitrogens with zero attached hydrogens (tertiary/aromatic N) is 1. The molecule has 2 N–H and O–H groups in total. The molecule has 1 aromatic carbocycles. The van der Waals surface area contributed by atoms with Crippen molar-refractivity contribution in [3.8, 4) is 5.75 Å². The predicted octanol–water partition coefficient (Wildman–Crippen LogP) is 1.22. The van der Waals surface area contributed by atoms with E-state index in [4.69, 9.17) is 9.84 Å². The van der Waals surface area contributed by atoms with Gasteiger partial charge in [0.15, 0.2) is 0 Å². The third-order valence-corrected chi connectivity index (χ3v) is 3.36. The van der Waals surface area contributed by atoms with Gasteiger partial charge in [0.1, 0.15) is 18.0 Å². The van der Waals surface area contributed by atoms with Crippen LogP contribution in [0.4, 0.5) is 0 Å². The number of β-amino-alcohol motifs (C(OH)–C–C–N with tert-alkyl or cyclic N) is 1. The normalized spacial score (nSPS) is 23.8. The van der Waals surface area contributed by atoms with E-state index in [1.165, 1.54) is 12.1 Å². The zero-order chi connectivity index (χ0) is 14.0. The Morgan fingerprint density at radius 2 is 2.16 bits per heavy atom. The Hall–Kier alpha value is -1.59. The highest BCUT2D eigenvalue weighted by atomic mass is 16.5. The van der Waals surface area contributed by atoms with Gasteiger partial charge in [0, 0.05) is 19.1 Å². The van der Waals surface area contributed by atoms with Crippen molar-refractivity contribution in [3.05, 3.63) is 29.8 Å². The van der Waals surface area contributed by atoms with Gasteiger partial charge in [0.25, 0.3) is 0 Å². The van der Waals surface area contributed by atoms with Crippen LogP contribution in [0.15, 0.2) is 24.3 Å². The third-order valence-electron chi connectivity index (χ3n) is 3.36. The van der Waals surface area contributed by atoms with Gasteiger partial charge < -0.3 is 14.9 Å². The topological polar surface area (TPSA) is 70.0 Å². The molecule has 19 heavy (non-hydrogen) atoms. The van der Waals surface area contributed by atoms with Crippen LogP contribution in [-0.2, 0) is 0 Å². The van der Waals surface area contributed by atoms with Crippen LogP contribution in [0.1, 0.15) is 24.2 Å². The van der Waals surface area contributed by atoms with E-state index < -0.39 is 12.1 Å². The van der Waals surface area contributed by atoms with Crippen LogP contribution in [0, 0.1) is 0 Å². The molecule has 0 bridgehead atoms. The van der Waals surface area contributed by atoms with Gasteiger partial charge in [-0.15, -0.1) is 0 Å². The maximum atomic E-state index is 10.9. The maximum Gasteiger partial charge on any atom is 0.335 e. The number of hydrogen-bond acceptors (Lipinski definition) is 4. The molecule has 5 nitrogen and oxygen atoms in total. The van der Waals surface area contributed by atoms with Crippen LogP contribution < -0.4 is 4.74 Å². The van der Waals surface area contributed by atoms with Crippen molar-refractivity contribution in [2.45, 2.75) is 32.1 Å². The van der Waals surface area contributed by atoms with Crippen LogP contribution >= 0.6 is 0 Å². The van der Waals surface area contributed by atoms with Crippen LogP contribution in [0.5, 0.6) is 5.75 Å². The van der Waals surface area contributed by atoms with E-state index in [0.29, 0.717) is 24.9 Å². The van der Waals surface area contributed by atoms with E-state index in [1.54, 1.807) is 12.1 Å². The molecule has 1 aliphatic heterocycles. The summed E-state index contributed by atoms with van der Waals surface area (Å²) in [5.41, 5.74) is 0.186. The van der Waals surface area contributed by atoms with Crippen LogP contribution in [0.25, 0.3) is 0 Å². The van der Waals surface area contributed by atoms with Crippen LogP contribution in [-0.4, -0.2) is 52.4 Å². The molecule has 1 aliphatic rings. The highest BCUT2D eigenvalue weighted by Gasteiger charge is 2.34. The van der Waals surface area contributed by atoms with Crippen LogP contribution in [0.2, 0.25) is 0 Å². The van der Waals surface area contributed by atoms with Crippen molar-refractivity contribution in [3.63, 3.8) is 0 Å². The van der Waals surface area contributed by atoms with Gasteiger partial charge in [-0.1, -0.05) is 6.07 Å². The predicted molar refractivity (Wildman–Crippen MR) is 70.5 cm³/mol. The molecule has 2 rings (SSSR count). The van der Waals surface area contributed by atoms with Crippen molar-refractivity contribution in [1.82, 2.24) is 4.90 Å². The monoisotopic (exact) mass is 265 g/mol. The van der Waals surface area contributed by atoms with Gasteiger partial charge in [-0.05, 0) is 32.0 Å². The van der Waals surface area contributed by atoms with Crippen molar-refractivity contribution in [1.29, 1.82) is 0 Å². The minimum absolute atomic E-state index is 0.186. The Morgan fingerprint density at radius 3 is 2.74 bits per heavy atom. The number of hydrogen-bond donors (Lipinski definition) is 2. The average Bonchev–Trinajstić information content (AvgIpc) is 2.71. The summed E-state index contributed by atoms with van der Waals surface area (Å²) in [5.74, 6) is -0.504. The summed E-state index contributed by atoms with van der Waals surface area (Å²) in [5, 5.41) is 18.9. The Morgan fingerprint density at radius 1 is 1.42 bits per heavy atom. The lowest BCUT2D eigenvalue weighted by Crippen LogP contribution is -2.31. The molecule has 2 atom stereocenters. The number of carboxylic acid groups (broad SMARTS) is 1. The summed E-state index contributed by atoms with van der Waals surface area (Å²) in [7, 11) is 0. The van der Waals surface area contributed by atoms with Gasteiger partial charge in [-0.3, -0.25) is 4.90 Å². The first-order chi connectivity index (χ1) is 8.97. The minimum Gasteiger partial charge on any atom is -0.486 e. The number of aliphatic hydroxyl groups excluding tert-OH is 1. The van der Waals surface area contributed by atoms with E-state index in [2.05, 4.69) is 18.7 Å². The molecule has 5 heteroatoms. The van der Waals surface area contributed by atoms with E-state index in [0.717, 1.165) is 0 Å². The molecule has 1 heterocycles. The number of ether oxygens (including phenoxy) is 1. The first-order valence-electron chi connectivity index (χ1n) is 6.39. The molecule has 0 unspecified atom stereocenters. The summed E-state index contributed by atoms with van der Waals surface area (Å²) in [4.78, 5) is 13.0. The standard InChI is InChI=1S/C14H19NO4/c1-9(2)15-7-12(16)13(8-15)19-11-5-3-4-10(6-11)14(17)18/h3-6,9,12-13,16H,7-8H2,1-2H3,(H,17,18)/t12-,13-/m1/s1. The lowest BCUT2D eigenvalue weighted by Gasteiger charge is -2.20. The van der Waals surface area contributed by atoms with E-state index in [9.17, 15) is 9.90 Å². The first kappa shape index (κ1) is 13.8. The quantitative estimate of drug-likeness (QED) is 0.856. The summed E-state index contributed by atoms with van der Waals surface area (Å²) < 4.78 is 5.70.